The van der Waals surface area contributed by atoms with Crippen molar-refractivity contribution in [2.45, 2.75) is 58.2 Å². The van der Waals surface area contributed by atoms with Gasteiger partial charge in [0.2, 0.25) is 5.91 Å². The summed E-state index contributed by atoms with van der Waals surface area (Å²) in [4.78, 5) is 31.8. The van der Waals surface area contributed by atoms with E-state index in [4.69, 9.17) is 4.98 Å². The number of hydrogen-bond donors (Lipinski definition) is 1. The monoisotopic (exact) mass is 379 g/mol. The van der Waals surface area contributed by atoms with Gasteiger partial charge in [0.15, 0.2) is 5.16 Å². The third-order valence-electron chi connectivity index (χ3n) is 4.60. The van der Waals surface area contributed by atoms with Crippen LogP contribution in [0.15, 0.2) is 9.95 Å². The van der Waals surface area contributed by atoms with Crippen LogP contribution in [0.2, 0.25) is 0 Å². The fraction of sp³-hybridized carbons (Fsp3) is 0.611. The Bertz CT molecular complexity index is 841. The van der Waals surface area contributed by atoms with Crippen molar-refractivity contribution in [1.82, 2.24) is 14.9 Å². The van der Waals surface area contributed by atoms with Gasteiger partial charge in [0.1, 0.15) is 4.83 Å². The van der Waals surface area contributed by atoms with E-state index < -0.39 is 0 Å². The Kier molecular flexibility index (Phi) is 5.84. The maximum Gasteiger partial charge on any atom is 0.263 e. The Balaban J connectivity index is 1.94. The van der Waals surface area contributed by atoms with Crippen molar-refractivity contribution in [1.29, 1.82) is 0 Å². The zero-order valence-corrected chi connectivity index (χ0v) is 16.7. The molecule has 0 bridgehead atoms. The minimum atomic E-state index is -0.0110. The highest BCUT2D eigenvalue weighted by molar-refractivity contribution is 7.99. The summed E-state index contributed by atoms with van der Waals surface area (Å²) < 4.78 is 1.71. The molecule has 25 heavy (non-hydrogen) atoms. The molecular weight excluding hydrogens is 354 g/mol. The van der Waals surface area contributed by atoms with Gasteiger partial charge in [-0.2, -0.15) is 0 Å². The van der Waals surface area contributed by atoms with Crippen molar-refractivity contribution >= 4 is 39.2 Å². The lowest BCUT2D eigenvalue weighted by molar-refractivity contribution is -0.118. The maximum absolute atomic E-state index is 13.0. The molecule has 1 aliphatic rings. The lowest BCUT2D eigenvalue weighted by atomic mass is 9.89. The van der Waals surface area contributed by atoms with Crippen LogP contribution >= 0.6 is 23.1 Å². The van der Waals surface area contributed by atoms with Crippen LogP contribution in [-0.4, -0.2) is 27.8 Å². The van der Waals surface area contributed by atoms with E-state index >= 15 is 0 Å². The average Bonchev–Trinajstić information content (AvgIpc) is 2.95. The van der Waals surface area contributed by atoms with Crippen LogP contribution in [0, 0.1) is 5.92 Å². The van der Waals surface area contributed by atoms with Gasteiger partial charge in [-0.1, -0.05) is 25.6 Å². The summed E-state index contributed by atoms with van der Waals surface area (Å²) in [6.45, 7) is 7.50. The van der Waals surface area contributed by atoms with Gasteiger partial charge in [0, 0.05) is 18.0 Å². The van der Waals surface area contributed by atoms with E-state index in [2.05, 4.69) is 12.2 Å². The first-order valence-electron chi connectivity index (χ1n) is 8.99. The first kappa shape index (κ1) is 18.5. The zero-order valence-electron chi connectivity index (χ0n) is 15.1. The molecule has 0 aromatic carbocycles. The Morgan fingerprint density at radius 3 is 2.96 bits per heavy atom. The molecule has 7 heteroatoms. The van der Waals surface area contributed by atoms with Crippen LogP contribution in [-0.2, 0) is 24.2 Å². The number of fused-ring (bicyclic) bond motifs is 3. The molecule has 0 unspecified atom stereocenters. The van der Waals surface area contributed by atoms with E-state index in [1.165, 1.54) is 22.2 Å². The van der Waals surface area contributed by atoms with Gasteiger partial charge >= 0.3 is 0 Å². The third-order valence-corrected chi connectivity index (χ3v) is 6.73. The Hall–Kier alpha value is -1.34. The fourth-order valence-electron chi connectivity index (χ4n) is 3.24. The van der Waals surface area contributed by atoms with E-state index in [1.807, 2.05) is 13.8 Å². The van der Waals surface area contributed by atoms with Crippen LogP contribution in [0.25, 0.3) is 10.2 Å². The highest BCUT2D eigenvalue weighted by Crippen LogP contribution is 2.36. The summed E-state index contributed by atoms with van der Waals surface area (Å²) in [6, 6.07) is 0. The minimum absolute atomic E-state index is 0.0110. The molecule has 2 aromatic heterocycles. The van der Waals surface area contributed by atoms with Gasteiger partial charge in [0.05, 0.1) is 11.1 Å². The molecule has 1 atom stereocenters. The summed E-state index contributed by atoms with van der Waals surface area (Å²) in [6.07, 6.45) is 4.07. The molecule has 0 fully saturated rings. The first-order chi connectivity index (χ1) is 12.0. The molecule has 0 saturated carbocycles. The van der Waals surface area contributed by atoms with Crippen molar-refractivity contribution in [2.24, 2.45) is 5.92 Å². The molecule has 5 nitrogen and oxygen atoms in total. The van der Waals surface area contributed by atoms with E-state index in [0.29, 0.717) is 29.9 Å². The number of nitrogens with one attached hydrogen (secondary N) is 1. The van der Waals surface area contributed by atoms with Gasteiger partial charge in [0.25, 0.3) is 5.56 Å². The number of aromatic nitrogens is 2. The highest BCUT2D eigenvalue weighted by atomic mass is 32.2. The summed E-state index contributed by atoms with van der Waals surface area (Å²) in [5.74, 6) is 0.952. The molecule has 1 aliphatic carbocycles. The predicted molar refractivity (Wildman–Crippen MR) is 105 cm³/mol. The number of rotatable bonds is 6. The lowest BCUT2D eigenvalue weighted by Crippen LogP contribution is -2.27. The van der Waals surface area contributed by atoms with Crippen LogP contribution in [0.4, 0.5) is 0 Å². The van der Waals surface area contributed by atoms with Crippen molar-refractivity contribution in [3.05, 3.63) is 20.8 Å². The second kappa shape index (κ2) is 7.91. The number of carbonyl (C=O) groups excluding carboxylic acids is 1. The number of aryl methyl sites for hydroxylation is 1. The molecule has 2 aromatic rings. The van der Waals surface area contributed by atoms with Crippen LogP contribution < -0.4 is 10.9 Å². The number of thiophene rings is 1. The molecular formula is C18H25N3O2S2. The molecule has 0 spiro atoms. The van der Waals surface area contributed by atoms with E-state index in [-0.39, 0.29) is 11.5 Å². The van der Waals surface area contributed by atoms with E-state index in [1.54, 1.807) is 15.9 Å². The van der Waals surface area contributed by atoms with Gasteiger partial charge in [-0.3, -0.25) is 14.2 Å². The van der Waals surface area contributed by atoms with Gasteiger partial charge < -0.3 is 5.32 Å². The molecule has 2 heterocycles. The van der Waals surface area contributed by atoms with Crippen molar-refractivity contribution in [3.63, 3.8) is 0 Å². The van der Waals surface area contributed by atoms with Crippen molar-refractivity contribution in [2.75, 3.05) is 12.3 Å². The summed E-state index contributed by atoms with van der Waals surface area (Å²) in [5, 5.41) is 4.33. The average molecular weight is 380 g/mol. The zero-order chi connectivity index (χ0) is 18.0. The Morgan fingerprint density at radius 1 is 1.44 bits per heavy atom. The quantitative estimate of drug-likeness (QED) is 0.618. The Morgan fingerprint density at radius 2 is 2.24 bits per heavy atom. The van der Waals surface area contributed by atoms with Crippen molar-refractivity contribution in [3.8, 4) is 0 Å². The normalized spacial score (nSPS) is 16.8. The number of hydrogen-bond acceptors (Lipinski definition) is 5. The van der Waals surface area contributed by atoms with Gasteiger partial charge in [-0.05, 0) is 44.1 Å². The molecule has 0 radical (unpaired) electrons. The number of thioether (sulfide) groups is 1. The summed E-state index contributed by atoms with van der Waals surface area (Å²) in [5.41, 5.74) is 1.27. The lowest BCUT2D eigenvalue weighted by Gasteiger charge is -2.17. The molecule has 0 saturated heterocycles. The number of nitrogens with zero attached hydrogens (tertiary/aromatic N) is 2. The van der Waals surface area contributed by atoms with Crippen LogP contribution in [0.3, 0.4) is 0 Å². The molecule has 3 rings (SSSR count). The minimum Gasteiger partial charge on any atom is -0.355 e. The molecule has 1 N–H and O–H groups in total. The summed E-state index contributed by atoms with van der Waals surface area (Å²) >= 11 is 3.01. The van der Waals surface area contributed by atoms with E-state index in [9.17, 15) is 9.59 Å². The van der Waals surface area contributed by atoms with E-state index in [0.717, 1.165) is 35.9 Å². The largest absolute Gasteiger partial charge is 0.355 e. The summed E-state index contributed by atoms with van der Waals surface area (Å²) in [7, 11) is 0. The first-order valence-corrected chi connectivity index (χ1v) is 10.8. The highest BCUT2D eigenvalue weighted by Gasteiger charge is 2.24. The van der Waals surface area contributed by atoms with Crippen LogP contribution in [0.1, 0.15) is 44.1 Å². The number of carbonyl (C=O) groups is 1. The number of amides is 1. The smallest absolute Gasteiger partial charge is 0.263 e. The molecule has 0 aliphatic heterocycles. The second-order valence-electron chi connectivity index (χ2n) is 6.61. The molecule has 1 amide bonds. The standard InChI is InChI=1S/C18H25N3O2S2/c1-4-8-19-14(22)10-24-18-20-16-15(17(23)21(18)5-2)12-7-6-11(3)9-13(12)25-16/h11H,4-10H2,1-3H3,(H,19,22)/t11-/m0/s1. The second-order valence-corrected chi connectivity index (χ2v) is 8.64. The fourth-order valence-corrected chi connectivity index (χ4v) is 5.56. The third kappa shape index (κ3) is 3.77. The molecule has 136 valence electrons. The Labute approximate surface area is 156 Å². The SMILES string of the molecule is CCCNC(=O)CSc1nc2sc3c(c2c(=O)n1CC)CC[C@H](C)C3. The maximum atomic E-state index is 13.0. The van der Waals surface area contributed by atoms with Gasteiger partial charge in [-0.15, -0.1) is 11.3 Å². The van der Waals surface area contributed by atoms with Crippen LogP contribution in [0.5, 0.6) is 0 Å². The van der Waals surface area contributed by atoms with Gasteiger partial charge in [-0.25, -0.2) is 4.98 Å². The predicted octanol–water partition coefficient (Wildman–Crippen LogP) is 3.22. The topological polar surface area (TPSA) is 64.0 Å². The van der Waals surface area contributed by atoms with Crippen molar-refractivity contribution < 1.29 is 4.79 Å².